The molecule has 3 rings (SSSR count). The number of nitrogens with two attached hydrogens (primary N) is 1. The zero-order valence-corrected chi connectivity index (χ0v) is 24.1. The van der Waals surface area contributed by atoms with Crippen LogP contribution in [0.3, 0.4) is 0 Å². The van der Waals surface area contributed by atoms with Crippen LogP contribution in [0.25, 0.3) is 0 Å². The number of esters is 1. The third-order valence-corrected chi connectivity index (χ3v) is 8.83. The van der Waals surface area contributed by atoms with E-state index in [1.807, 2.05) is 0 Å². The number of nitrogens with one attached hydrogen (secondary N) is 1. The van der Waals surface area contributed by atoms with Gasteiger partial charge in [-0.1, -0.05) is 5.16 Å². The van der Waals surface area contributed by atoms with Crippen LogP contribution < -0.4 is 11.1 Å². The minimum absolute atomic E-state index is 0. The normalized spacial score (nSPS) is 22.8. The lowest BCUT2D eigenvalue weighted by molar-refractivity contribution is -0.172. The number of fused-ring (bicyclic) bond motifs is 1. The maximum absolute atomic E-state index is 13.0. The summed E-state index contributed by atoms with van der Waals surface area (Å²) >= 11 is 3.49. The standard InChI is InChI=1S/C20H25N5O10S3.ClH/c1-4-32-19(31)35-9(2)34-17(30)20(36-3)7-25-15(29)13(16(25)38-8-20)23-14(28)12(24-33-5-11(26)27)10-6-37-18(21)22-10;/h6,9,13,16H,4-5,7-8H2,1-3H3,(H2,21,22)(H,23,28)(H,26,27);1H/t9?,13?,16-,20?;/m1./s1. The van der Waals surface area contributed by atoms with Gasteiger partial charge in [0.1, 0.15) is 21.9 Å². The largest absolute Gasteiger partial charge is 0.511 e. The molecule has 4 N–H and O–H groups in total. The number of carbonyl (C=O) groups is 5. The molecule has 0 bridgehead atoms. The van der Waals surface area contributed by atoms with Gasteiger partial charge in [-0.25, -0.2) is 14.6 Å². The van der Waals surface area contributed by atoms with Crippen molar-refractivity contribution in [2.24, 2.45) is 5.16 Å². The first kappa shape index (κ1) is 32.3. The third kappa shape index (κ3) is 7.58. The molecule has 39 heavy (non-hydrogen) atoms. The molecule has 2 aliphatic heterocycles. The number of aromatic nitrogens is 1. The summed E-state index contributed by atoms with van der Waals surface area (Å²) in [5.74, 6) is -2.98. The number of oxime groups is 1. The van der Waals surface area contributed by atoms with Crippen molar-refractivity contribution in [3.63, 3.8) is 0 Å². The van der Waals surface area contributed by atoms with E-state index in [2.05, 4.69) is 20.2 Å². The zero-order chi connectivity index (χ0) is 28.0. The number of carboxylic acids is 1. The van der Waals surface area contributed by atoms with Crippen molar-refractivity contribution in [3.8, 4) is 0 Å². The van der Waals surface area contributed by atoms with Crippen LogP contribution in [0.4, 0.5) is 9.93 Å². The van der Waals surface area contributed by atoms with Gasteiger partial charge in [0.2, 0.25) is 18.8 Å². The zero-order valence-electron chi connectivity index (χ0n) is 20.8. The molecular formula is C20H26ClN5O10S3. The Balaban J connectivity index is 0.00000533. The summed E-state index contributed by atoms with van der Waals surface area (Å²) in [6.45, 7) is 2.29. The number of ether oxygens (including phenoxy) is 3. The molecule has 0 saturated carbocycles. The molecule has 0 aliphatic carbocycles. The molecule has 3 unspecified atom stereocenters. The molecule has 0 spiro atoms. The Bertz CT molecular complexity index is 1140. The SMILES string of the molecule is CCOC(=O)OC(C)OC(=O)C1(SC)CS[C@@H]2C(NC(=O)C(=NOCC(=O)O)c3csc(N)n3)C(=O)N2C1.Cl. The first-order valence-corrected chi connectivity index (χ1v) is 14.1. The van der Waals surface area contributed by atoms with Crippen LogP contribution in [0.15, 0.2) is 10.5 Å². The highest BCUT2D eigenvalue weighted by atomic mass is 35.5. The number of halogens is 1. The van der Waals surface area contributed by atoms with Crippen molar-refractivity contribution in [1.82, 2.24) is 15.2 Å². The lowest BCUT2D eigenvalue weighted by atomic mass is 10.0. The van der Waals surface area contributed by atoms with Gasteiger partial charge < -0.3 is 40.1 Å². The number of aliphatic carboxylic acids is 1. The van der Waals surface area contributed by atoms with E-state index in [1.165, 1.54) is 40.7 Å². The lowest BCUT2D eigenvalue weighted by Crippen LogP contribution is -2.75. The number of rotatable bonds is 11. The van der Waals surface area contributed by atoms with Crippen LogP contribution >= 0.6 is 47.3 Å². The van der Waals surface area contributed by atoms with Gasteiger partial charge in [0, 0.05) is 24.6 Å². The van der Waals surface area contributed by atoms with E-state index in [0.29, 0.717) is 0 Å². The van der Waals surface area contributed by atoms with Crippen molar-refractivity contribution in [3.05, 3.63) is 11.1 Å². The van der Waals surface area contributed by atoms with Crippen molar-refractivity contribution >= 4 is 88.0 Å². The number of amides is 2. The highest BCUT2D eigenvalue weighted by molar-refractivity contribution is 8.04. The van der Waals surface area contributed by atoms with E-state index in [4.69, 9.17) is 25.2 Å². The summed E-state index contributed by atoms with van der Waals surface area (Å²) in [6.07, 6.45) is -0.479. The molecule has 2 amide bonds. The second-order valence-corrected chi connectivity index (χ2v) is 11.0. The molecule has 3 heterocycles. The van der Waals surface area contributed by atoms with E-state index in [9.17, 15) is 24.0 Å². The maximum atomic E-state index is 13.0. The van der Waals surface area contributed by atoms with E-state index >= 15 is 0 Å². The highest BCUT2D eigenvalue weighted by Gasteiger charge is 2.58. The molecule has 2 saturated heterocycles. The molecule has 2 fully saturated rings. The minimum Gasteiger partial charge on any atom is -0.479 e. The van der Waals surface area contributed by atoms with Crippen molar-refractivity contribution in [2.45, 2.75) is 36.3 Å². The Labute approximate surface area is 240 Å². The van der Waals surface area contributed by atoms with Crippen LogP contribution in [-0.2, 0) is 38.2 Å². The number of β-lactam (4-membered cyclic amide) rings is 1. The van der Waals surface area contributed by atoms with E-state index in [-0.39, 0.29) is 47.8 Å². The third-order valence-electron chi connectivity index (χ3n) is 5.22. The fraction of sp³-hybridized carbons (Fsp3) is 0.550. The first-order valence-electron chi connectivity index (χ1n) is 11.0. The summed E-state index contributed by atoms with van der Waals surface area (Å²) < 4.78 is 13.7. The summed E-state index contributed by atoms with van der Waals surface area (Å²) in [6, 6.07) is -0.935. The summed E-state index contributed by atoms with van der Waals surface area (Å²) in [7, 11) is 0. The molecule has 216 valence electrons. The number of carbonyl (C=O) groups excluding carboxylic acids is 4. The van der Waals surface area contributed by atoms with Gasteiger partial charge in [-0.05, 0) is 13.2 Å². The van der Waals surface area contributed by atoms with Gasteiger partial charge in [0.05, 0.1) is 6.61 Å². The monoisotopic (exact) mass is 627 g/mol. The first-order chi connectivity index (χ1) is 18.0. The summed E-state index contributed by atoms with van der Waals surface area (Å²) in [4.78, 5) is 71.2. The Morgan fingerprint density at radius 2 is 2.10 bits per heavy atom. The summed E-state index contributed by atoms with van der Waals surface area (Å²) in [5, 5.41) is 16.0. The van der Waals surface area contributed by atoms with Gasteiger partial charge in [0.25, 0.3) is 5.91 Å². The van der Waals surface area contributed by atoms with E-state index in [1.54, 1.807) is 13.2 Å². The molecule has 2 aliphatic rings. The number of thioether (sulfide) groups is 2. The quantitative estimate of drug-likeness (QED) is 0.100. The van der Waals surface area contributed by atoms with Crippen LogP contribution in [0.5, 0.6) is 0 Å². The highest BCUT2D eigenvalue weighted by Crippen LogP contribution is 2.43. The molecule has 0 aromatic carbocycles. The number of nitrogen functional groups attached to an aromatic ring is 1. The Morgan fingerprint density at radius 3 is 2.69 bits per heavy atom. The number of carboxylic acid groups (broad SMARTS) is 1. The second kappa shape index (κ2) is 13.9. The number of anilines is 1. The lowest BCUT2D eigenvalue weighted by Gasteiger charge is -2.53. The van der Waals surface area contributed by atoms with Gasteiger partial charge in [-0.3, -0.25) is 14.4 Å². The molecule has 19 heteroatoms. The van der Waals surface area contributed by atoms with E-state index in [0.717, 1.165) is 11.3 Å². The molecule has 4 atom stereocenters. The number of nitrogens with zero attached hydrogens (tertiary/aromatic N) is 3. The minimum atomic E-state index is -1.30. The molecule has 0 radical (unpaired) electrons. The fourth-order valence-electron chi connectivity index (χ4n) is 3.41. The van der Waals surface area contributed by atoms with Gasteiger partial charge in [-0.2, -0.15) is 0 Å². The van der Waals surface area contributed by atoms with Gasteiger partial charge in [0.15, 0.2) is 10.8 Å². The number of thiazole rings is 1. The Kier molecular flexibility index (Phi) is 11.5. The van der Waals surface area contributed by atoms with Crippen molar-refractivity contribution in [1.29, 1.82) is 0 Å². The maximum Gasteiger partial charge on any atom is 0.511 e. The second-order valence-electron chi connectivity index (χ2n) is 7.77. The molecule has 15 nitrogen and oxygen atoms in total. The summed E-state index contributed by atoms with van der Waals surface area (Å²) in [5.41, 5.74) is 5.33. The number of hydrogen-bond donors (Lipinski definition) is 3. The van der Waals surface area contributed by atoms with Crippen molar-refractivity contribution < 1.29 is 48.1 Å². The van der Waals surface area contributed by atoms with Gasteiger partial charge >= 0.3 is 18.1 Å². The van der Waals surface area contributed by atoms with Crippen LogP contribution in [0.2, 0.25) is 0 Å². The van der Waals surface area contributed by atoms with Crippen molar-refractivity contribution in [2.75, 3.05) is 37.5 Å². The average molecular weight is 628 g/mol. The van der Waals surface area contributed by atoms with E-state index < -0.39 is 59.0 Å². The predicted molar refractivity (Wildman–Crippen MR) is 144 cm³/mol. The van der Waals surface area contributed by atoms with Crippen LogP contribution in [0, 0.1) is 0 Å². The molecule has 1 aromatic heterocycles. The Morgan fingerprint density at radius 1 is 1.38 bits per heavy atom. The molecular weight excluding hydrogens is 602 g/mol. The molecule has 1 aromatic rings. The van der Waals surface area contributed by atoms with Crippen LogP contribution in [0.1, 0.15) is 19.5 Å². The average Bonchev–Trinajstić information content (AvgIpc) is 3.29. The van der Waals surface area contributed by atoms with Crippen LogP contribution in [-0.4, -0.2) is 105 Å². The predicted octanol–water partition coefficient (Wildman–Crippen LogP) is 0.516. The van der Waals surface area contributed by atoms with Gasteiger partial charge in [-0.15, -0.1) is 47.3 Å². The topological polar surface area (TPSA) is 209 Å². The fourth-order valence-corrected chi connectivity index (χ4v) is 6.50. The number of hydrogen-bond acceptors (Lipinski definition) is 15. The smallest absolute Gasteiger partial charge is 0.479 e. The Hall–Kier alpha value is -2.96.